The molecule has 0 bridgehead atoms. The third-order valence-electron chi connectivity index (χ3n) is 6.10. The van der Waals surface area contributed by atoms with E-state index in [1.807, 2.05) is 19.9 Å². The van der Waals surface area contributed by atoms with Gasteiger partial charge in [-0.2, -0.15) is 0 Å². The zero-order valence-corrected chi connectivity index (χ0v) is 20.7. The van der Waals surface area contributed by atoms with Crippen molar-refractivity contribution >= 4 is 62.1 Å². The van der Waals surface area contributed by atoms with Crippen molar-refractivity contribution < 1.29 is 28.7 Å². The monoisotopic (exact) mass is 524 g/mol. The molecule has 2 aromatic heterocycles. The fraction of sp³-hybridized carbons (Fsp3) is 0.455. The molecule has 2 aliphatic rings. The first-order valence-corrected chi connectivity index (χ1v) is 12.2. The number of esters is 2. The minimum atomic E-state index is -1.50. The topological polar surface area (TPSA) is 86.7 Å². The van der Waals surface area contributed by atoms with Crippen molar-refractivity contribution in [2.75, 3.05) is 14.2 Å². The fourth-order valence-corrected chi connectivity index (χ4v) is 7.81. The van der Waals surface area contributed by atoms with Crippen LogP contribution in [-0.4, -0.2) is 42.0 Å². The van der Waals surface area contributed by atoms with Crippen LogP contribution < -0.4 is 0 Å². The Balaban J connectivity index is 1.88. The molecule has 0 saturated carbocycles. The van der Waals surface area contributed by atoms with Gasteiger partial charge in [-0.05, 0) is 38.8 Å². The van der Waals surface area contributed by atoms with E-state index in [4.69, 9.17) is 9.47 Å². The number of carbonyl (C=O) groups excluding carboxylic acids is 4. The summed E-state index contributed by atoms with van der Waals surface area (Å²) in [5.74, 6) is -3.08. The van der Waals surface area contributed by atoms with Crippen LogP contribution in [0.3, 0.4) is 0 Å². The molecule has 0 amide bonds. The Morgan fingerprint density at radius 3 is 2.16 bits per heavy atom. The van der Waals surface area contributed by atoms with Crippen LogP contribution in [0.5, 0.6) is 0 Å². The van der Waals surface area contributed by atoms with E-state index >= 15 is 0 Å². The number of ketones is 2. The zero-order chi connectivity index (χ0) is 22.7. The Hall–Kier alpha value is -1.84. The number of alkyl halides is 1. The van der Waals surface area contributed by atoms with E-state index < -0.39 is 22.2 Å². The van der Waals surface area contributed by atoms with Crippen molar-refractivity contribution in [1.29, 1.82) is 0 Å². The predicted octanol–water partition coefficient (Wildman–Crippen LogP) is 4.56. The van der Waals surface area contributed by atoms with Gasteiger partial charge in [0.1, 0.15) is 5.92 Å². The number of carbonyl (C=O) groups is 4. The van der Waals surface area contributed by atoms with Crippen molar-refractivity contribution in [2.45, 2.75) is 42.8 Å². The lowest BCUT2D eigenvalue weighted by Crippen LogP contribution is -2.47. The number of fused-ring (bicyclic) bond motifs is 2. The first kappa shape index (κ1) is 22.4. The summed E-state index contributed by atoms with van der Waals surface area (Å²) in [5.41, 5.74) is 1.04. The van der Waals surface area contributed by atoms with E-state index in [-0.39, 0.29) is 36.2 Å². The number of rotatable bonds is 3. The highest BCUT2D eigenvalue weighted by molar-refractivity contribution is 9.10. The Bertz CT molecular complexity index is 1120. The minimum absolute atomic E-state index is 0.189. The highest BCUT2D eigenvalue weighted by atomic mass is 79.9. The van der Waals surface area contributed by atoms with Crippen molar-refractivity contribution in [3.63, 3.8) is 0 Å². The summed E-state index contributed by atoms with van der Waals surface area (Å²) >= 11 is 6.47. The summed E-state index contributed by atoms with van der Waals surface area (Å²) in [5, 5.41) is 0. The number of ether oxygens (including phenoxy) is 2. The highest BCUT2D eigenvalue weighted by Gasteiger charge is 2.55. The minimum Gasteiger partial charge on any atom is -0.468 e. The number of Topliss-reactive ketones (excluding diaryl/α,β-unsaturated/α-hetero) is 2. The molecule has 6 nitrogen and oxygen atoms in total. The lowest BCUT2D eigenvalue weighted by Gasteiger charge is -2.39. The van der Waals surface area contributed by atoms with Gasteiger partial charge in [-0.3, -0.25) is 19.2 Å². The number of hydrogen-bond donors (Lipinski definition) is 0. The van der Waals surface area contributed by atoms with Crippen molar-refractivity contribution in [3.05, 3.63) is 42.8 Å². The van der Waals surface area contributed by atoms with Crippen molar-refractivity contribution in [2.24, 2.45) is 5.92 Å². The number of methoxy groups -OCH3 is 2. The van der Waals surface area contributed by atoms with Gasteiger partial charge in [-0.1, -0.05) is 15.9 Å². The molecule has 0 fully saturated rings. The second-order valence-corrected chi connectivity index (χ2v) is 11.9. The molecule has 9 heteroatoms. The highest BCUT2D eigenvalue weighted by Crippen LogP contribution is 2.55. The molecule has 0 saturated heterocycles. The van der Waals surface area contributed by atoms with Crippen LogP contribution in [0.4, 0.5) is 0 Å². The smallest absolute Gasteiger partial charge is 0.330 e. The molecular formula is C22H21BrO6S2. The Kier molecular flexibility index (Phi) is 5.72. The molecule has 2 aliphatic carbocycles. The fourth-order valence-electron chi connectivity index (χ4n) is 4.70. The number of thiophene rings is 2. The zero-order valence-electron chi connectivity index (χ0n) is 17.4. The Morgan fingerprint density at radius 2 is 1.58 bits per heavy atom. The van der Waals surface area contributed by atoms with Crippen LogP contribution in [0, 0.1) is 19.8 Å². The summed E-state index contributed by atoms with van der Waals surface area (Å²) in [6.07, 6.45) is 0.465. The standard InChI is InChI=1S/C22H21BrO6S2/c1-9-5-12-16(24)13(20(26)28-3)7-11(17(12)30-9)15-8-22(23,21(27)29-4)19(25)14-6-10(2)31-18(14)15/h5-6,11,13,15H,7-8H2,1-4H3. The second-order valence-electron chi connectivity index (χ2n) is 7.98. The van der Waals surface area contributed by atoms with E-state index in [0.29, 0.717) is 11.1 Å². The van der Waals surface area contributed by atoms with Gasteiger partial charge in [-0.25, -0.2) is 0 Å². The van der Waals surface area contributed by atoms with Crippen molar-refractivity contribution in [1.82, 2.24) is 0 Å². The molecule has 0 aliphatic heterocycles. The second kappa shape index (κ2) is 7.94. The number of aryl methyl sites for hydroxylation is 2. The van der Waals surface area contributed by atoms with Crippen LogP contribution in [0.2, 0.25) is 0 Å². The normalized spacial score (nSPS) is 27.5. The average Bonchev–Trinajstić information content (AvgIpc) is 3.33. The molecule has 4 atom stereocenters. The molecule has 0 spiro atoms. The molecule has 0 aromatic carbocycles. The van der Waals surface area contributed by atoms with E-state index in [1.165, 1.54) is 36.9 Å². The van der Waals surface area contributed by atoms with E-state index in [2.05, 4.69) is 15.9 Å². The molecule has 2 aromatic rings. The molecule has 0 N–H and O–H groups in total. The first-order chi connectivity index (χ1) is 14.6. The van der Waals surface area contributed by atoms with Crippen LogP contribution in [0.25, 0.3) is 0 Å². The molecule has 164 valence electrons. The van der Waals surface area contributed by atoms with Gasteiger partial charge in [0.2, 0.25) is 0 Å². The van der Waals surface area contributed by atoms with Gasteiger partial charge < -0.3 is 9.47 Å². The maximum atomic E-state index is 13.2. The van der Waals surface area contributed by atoms with E-state index in [0.717, 1.165) is 19.5 Å². The quantitative estimate of drug-likeness (QED) is 0.332. The summed E-state index contributed by atoms with van der Waals surface area (Å²) < 4.78 is 8.37. The molecule has 4 rings (SSSR count). The van der Waals surface area contributed by atoms with E-state index in [1.54, 1.807) is 6.07 Å². The van der Waals surface area contributed by atoms with Crippen LogP contribution >= 0.6 is 38.6 Å². The first-order valence-electron chi connectivity index (χ1n) is 9.77. The SMILES string of the molecule is COC(=O)C1CC(C2CC(Br)(C(=O)OC)C(=O)c3cc(C)sc32)c2sc(C)cc2C1=O. The molecular weight excluding hydrogens is 504 g/mol. The van der Waals surface area contributed by atoms with Gasteiger partial charge >= 0.3 is 11.9 Å². The van der Waals surface area contributed by atoms with Gasteiger partial charge in [0.05, 0.1) is 14.2 Å². The third-order valence-corrected chi connectivity index (χ3v) is 9.47. The largest absolute Gasteiger partial charge is 0.468 e. The van der Waals surface area contributed by atoms with Gasteiger partial charge in [0.25, 0.3) is 0 Å². The number of halogens is 1. The van der Waals surface area contributed by atoms with Crippen LogP contribution in [0.15, 0.2) is 12.1 Å². The van der Waals surface area contributed by atoms with Crippen LogP contribution in [0.1, 0.15) is 64.9 Å². The lowest BCUT2D eigenvalue weighted by molar-refractivity contribution is -0.144. The summed E-state index contributed by atoms with van der Waals surface area (Å²) in [6.45, 7) is 3.85. The molecule has 4 unspecified atom stereocenters. The molecule has 31 heavy (non-hydrogen) atoms. The third kappa shape index (κ3) is 3.41. The maximum Gasteiger partial charge on any atom is 0.330 e. The Labute approximate surface area is 196 Å². The maximum absolute atomic E-state index is 13.2. The van der Waals surface area contributed by atoms with Gasteiger partial charge in [0, 0.05) is 42.5 Å². The predicted molar refractivity (Wildman–Crippen MR) is 121 cm³/mol. The van der Waals surface area contributed by atoms with Crippen LogP contribution in [-0.2, 0) is 19.1 Å². The Morgan fingerprint density at radius 1 is 1.00 bits per heavy atom. The summed E-state index contributed by atoms with van der Waals surface area (Å²) in [7, 11) is 2.54. The average molecular weight is 525 g/mol. The van der Waals surface area contributed by atoms with Gasteiger partial charge in [-0.15, -0.1) is 22.7 Å². The van der Waals surface area contributed by atoms with E-state index in [9.17, 15) is 19.2 Å². The molecule has 2 heterocycles. The lowest BCUT2D eigenvalue weighted by atomic mass is 9.68. The number of hydrogen-bond acceptors (Lipinski definition) is 8. The molecule has 0 radical (unpaired) electrons. The van der Waals surface area contributed by atoms with Crippen molar-refractivity contribution in [3.8, 4) is 0 Å². The summed E-state index contributed by atoms with van der Waals surface area (Å²) in [6, 6.07) is 3.63. The van der Waals surface area contributed by atoms with Gasteiger partial charge in [0.15, 0.2) is 15.9 Å². The summed E-state index contributed by atoms with van der Waals surface area (Å²) in [4.78, 5) is 55.1.